The smallest absolute Gasteiger partial charge is 0.328 e. The molecule has 1 heterocycles. The highest BCUT2D eigenvalue weighted by Gasteiger charge is 2.30. The van der Waals surface area contributed by atoms with E-state index in [9.17, 15) is 18.0 Å². The van der Waals surface area contributed by atoms with Crippen LogP contribution in [0.2, 0.25) is 0 Å². The minimum atomic E-state index is -3.36. The van der Waals surface area contributed by atoms with Crippen LogP contribution in [0, 0.1) is 0 Å². The van der Waals surface area contributed by atoms with Gasteiger partial charge >= 0.3 is 5.97 Å². The molecule has 23 heavy (non-hydrogen) atoms. The Balaban J connectivity index is 2.31. The molecule has 2 N–H and O–H groups in total. The number of hydrogen-bond donors (Lipinski definition) is 2. The number of carboxylic acids is 1. The van der Waals surface area contributed by atoms with E-state index in [0.29, 0.717) is 30.6 Å². The second kappa shape index (κ2) is 5.84. The van der Waals surface area contributed by atoms with Gasteiger partial charge in [0.15, 0.2) is 0 Å². The predicted octanol–water partition coefficient (Wildman–Crippen LogP) is 0.992. The SMILES string of the molecule is CC(C)(NC(=O)c1ccc2c(c1)CCCN2S(C)(=O)=O)C(=O)O. The number of aryl methyl sites for hydroxylation is 1. The summed E-state index contributed by atoms with van der Waals surface area (Å²) >= 11 is 0. The van der Waals surface area contributed by atoms with Gasteiger partial charge in [0.05, 0.1) is 11.9 Å². The number of fused-ring (bicyclic) bond motifs is 1. The van der Waals surface area contributed by atoms with Gasteiger partial charge in [-0.3, -0.25) is 9.10 Å². The molecule has 1 aromatic rings. The van der Waals surface area contributed by atoms with Crippen LogP contribution in [0.25, 0.3) is 0 Å². The Morgan fingerprint density at radius 3 is 2.52 bits per heavy atom. The van der Waals surface area contributed by atoms with E-state index in [2.05, 4.69) is 5.32 Å². The molecule has 0 unspecified atom stereocenters. The lowest BCUT2D eigenvalue weighted by Gasteiger charge is -2.29. The van der Waals surface area contributed by atoms with Crippen LogP contribution in [-0.4, -0.2) is 43.7 Å². The minimum Gasteiger partial charge on any atom is -0.480 e. The third-order valence-corrected chi connectivity index (χ3v) is 4.96. The standard InChI is InChI=1S/C15H20N2O5S/c1-15(2,14(19)20)16-13(18)11-6-7-12-10(9-11)5-4-8-17(12)23(3,21)22/h6-7,9H,4-5,8H2,1-3H3,(H,16,18)(H,19,20). The van der Waals surface area contributed by atoms with Gasteiger partial charge in [-0.2, -0.15) is 0 Å². The largest absolute Gasteiger partial charge is 0.480 e. The molecule has 7 nitrogen and oxygen atoms in total. The number of anilines is 1. The average molecular weight is 340 g/mol. The van der Waals surface area contributed by atoms with E-state index in [1.54, 1.807) is 12.1 Å². The first-order chi connectivity index (χ1) is 10.5. The minimum absolute atomic E-state index is 0.313. The number of nitrogens with one attached hydrogen (secondary N) is 1. The van der Waals surface area contributed by atoms with E-state index in [0.717, 1.165) is 11.8 Å². The van der Waals surface area contributed by atoms with Gasteiger partial charge in [0, 0.05) is 12.1 Å². The molecule has 8 heteroatoms. The molecule has 0 saturated heterocycles. The van der Waals surface area contributed by atoms with Crippen molar-refractivity contribution in [2.24, 2.45) is 0 Å². The van der Waals surface area contributed by atoms with Gasteiger partial charge in [0.1, 0.15) is 5.54 Å². The number of benzene rings is 1. The highest BCUT2D eigenvalue weighted by atomic mass is 32.2. The highest BCUT2D eigenvalue weighted by Crippen LogP contribution is 2.30. The van der Waals surface area contributed by atoms with Crippen LogP contribution in [-0.2, 0) is 21.2 Å². The number of aliphatic carboxylic acids is 1. The molecule has 0 spiro atoms. The molecular formula is C15H20N2O5S. The summed E-state index contributed by atoms with van der Waals surface area (Å²) in [5.41, 5.74) is 0.273. The van der Waals surface area contributed by atoms with E-state index >= 15 is 0 Å². The molecule has 0 saturated carbocycles. The molecule has 2 rings (SSSR count). The number of amides is 1. The van der Waals surface area contributed by atoms with Gasteiger partial charge in [0.25, 0.3) is 5.91 Å². The van der Waals surface area contributed by atoms with Crippen molar-refractivity contribution < 1.29 is 23.1 Å². The van der Waals surface area contributed by atoms with Gasteiger partial charge in [-0.1, -0.05) is 0 Å². The fraction of sp³-hybridized carbons (Fsp3) is 0.467. The summed E-state index contributed by atoms with van der Waals surface area (Å²) < 4.78 is 25.0. The number of nitrogens with zero attached hydrogens (tertiary/aromatic N) is 1. The van der Waals surface area contributed by atoms with Gasteiger partial charge in [-0.05, 0) is 50.5 Å². The third-order valence-electron chi connectivity index (χ3n) is 3.78. The number of carboxylic acid groups (broad SMARTS) is 1. The lowest BCUT2D eigenvalue weighted by molar-refractivity contribution is -0.143. The summed E-state index contributed by atoms with van der Waals surface area (Å²) in [7, 11) is -3.36. The number of sulfonamides is 1. The van der Waals surface area contributed by atoms with Crippen LogP contribution >= 0.6 is 0 Å². The molecule has 1 aromatic carbocycles. The monoisotopic (exact) mass is 340 g/mol. The topological polar surface area (TPSA) is 104 Å². The van der Waals surface area contributed by atoms with Crippen LogP contribution < -0.4 is 9.62 Å². The van der Waals surface area contributed by atoms with Crippen molar-refractivity contribution in [1.29, 1.82) is 0 Å². The van der Waals surface area contributed by atoms with E-state index < -0.39 is 27.4 Å². The maximum Gasteiger partial charge on any atom is 0.328 e. The van der Waals surface area contributed by atoms with Crippen molar-refractivity contribution in [2.45, 2.75) is 32.2 Å². The van der Waals surface area contributed by atoms with E-state index in [-0.39, 0.29) is 0 Å². The fourth-order valence-electron chi connectivity index (χ4n) is 2.46. The summed E-state index contributed by atoms with van der Waals surface area (Å²) in [5, 5.41) is 11.5. The molecular weight excluding hydrogens is 320 g/mol. The Labute approximate surface area is 135 Å². The number of carbonyl (C=O) groups is 2. The van der Waals surface area contributed by atoms with E-state index in [4.69, 9.17) is 5.11 Å². The Morgan fingerprint density at radius 1 is 1.30 bits per heavy atom. The average Bonchev–Trinajstić information content (AvgIpc) is 2.44. The van der Waals surface area contributed by atoms with Crippen molar-refractivity contribution in [3.63, 3.8) is 0 Å². The normalized spacial score (nSPS) is 15.0. The fourth-order valence-corrected chi connectivity index (χ4v) is 3.45. The molecule has 1 aliphatic heterocycles. The molecule has 1 amide bonds. The number of rotatable bonds is 4. The van der Waals surface area contributed by atoms with Crippen molar-refractivity contribution >= 4 is 27.6 Å². The molecule has 0 atom stereocenters. The zero-order chi connectivity index (χ0) is 17.4. The van der Waals surface area contributed by atoms with Crippen LogP contribution in [0.15, 0.2) is 18.2 Å². The summed E-state index contributed by atoms with van der Waals surface area (Å²) in [6.07, 6.45) is 2.49. The van der Waals surface area contributed by atoms with E-state index in [1.165, 1.54) is 24.2 Å². The second-order valence-electron chi connectivity index (χ2n) is 6.17. The van der Waals surface area contributed by atoms with Gasteiger partial charge in [-0.15, -0.1) is 0 Å². The first kappa shape index (κ1) is 17.3. The first-order valence-corrected chi connectivity index (χ1v) is 9.04. The van der Waals surface area contributed by atoms with Crippen molar-refractivity contribution in [3.8, 4) is 0 Å². The van der Waals surface area contributed by atoms with Gasteiger partial charge < -0.3 is 10.4 Å². The summed E-state index contributed by atoms with van der Waals surface area (Å²) in [6, 6.07) is 4.73. The number of hydrogen-bond acceptors (Lipinski definition) is 4. The Kier molecular flexibility index (Phi) is 4.39. The van der Waals surface area contributed by atoms with Crippen molar-refractivity contribution in [1.82, 2.24) is 5.32 Å². The Hall–Kier alpha value is -2.09. The molecule has 1 aliphatic rings. The van der Waals surface area contributed by atoms with Crippen LogP contribution in [0.5, 0.6) is 0 Å². The van der Waals surface area contributed by atoms with Gasteiger partial charge in [0.2, 0.25) is 10.0 Å². The lowest BCUT2D eigenvalue weighted by Crippen LogP contribution is -2.49. The molecule has 0 aromatic heterocycles. The third kappa shape index (κ3) is 3.64. The predicted molar refractivity (Wildman–Crippen MR) is 86.1 cm³/mol. The van der Waals surface area contributed by atoms with E-state index in [1.807, 2.05) is 0 Å². The quantitative estimate of drug-likeness (QED) is 0.851. The summed E-state index contributed by atoms with van der Waals surface area (Å²) in [5.74, 6) is -1.64. The van der Waals surface area contributed by atoms with Crippen LogP contribution in [0.4, 0.5) is 5.69 Å². The Morgan fingerprint density at radius 2 is 1.96 bits per heavy atom. The lowest BCUT2D eigenvalue weighted by atomic mass is 9.99. The molecule has 0 radical (unpaired) electrons. The van der Waals surface area contributed by atoms with Crippen LogP contribution in [0.3, 0.4) is 0 Å². The van der Waals surface area contributed by atoms with Gasteiger partial charge in [-0.25, -0.2) is 13.2 Å². The van der Waals surface area contributed by atoms with Crippen molar-refractivity contribution in [2.75, 3.05) is 17.1 Å². The first-order valence-electron chi connectivity index (χ1n) is 7.19. The maximum atomic E-state index is 12.2. The molecule has 0 fully saturated rings. The van der Waals surface area contributed by atoms with Crippen LogP contribution in [0.1, 0.15) is 36.2 Å². The maximum absolute atomic E-state index is 12.2. The summed E-state index contributed by atoms with van der Waals surface area (Å²) in [4.78, 5) is 23.3. The van der Waals surface area contributed by atoms with Crippen molar-refractivity contribution in [3.05, 3.63) is 29.3 Å². The second-order valence-corrected chi connectivity index (χ2v) is 8.07. The molecule has 126 valence electrons. The zero-order valence-electron chi connectivity index (χ0n) is 13.3. The summed E-state index contributed by atoms with van der Waals surface area (Å²) in [6.45, 7) is 3.22. The number of carbonyl (C=O) groups excluding carboxylic acids is 1. The highest BCUT2D eigenvalue weighted by molar-refractivity contribution is 7.92. The molecule has 0 aliphatic carbocycles. The zero-order valence-corrected chi connectivity index (χ0v) is 14.1. The Bertz CT molecular complexity index is 755. The molecule has 0 bridgehead atoms.